The molecule has 3 aromatic rings. The zero-order valence-electron chi connectivity index (χ0n) is 32.6. The molecule has 308 valence electrons. The number of aromatic nitrogens is 1. The zero-order valence-corrected chi connectivity index (χ0v) is 32.6. The molecular weight excluding hydrogens is 747 g/mol. The van der Waals surface area contributed by atoms with Crippen LogP contribution in [-0.4, -0.2) is 83.7 Å². The average Bonchev–Trinajstić information content (AvgIpc) is 3.37. The highest BCUT2D eigenvalue weighted by Gasteiger charge is 2.22. The second-order valence-electron chi connectivity index (χ2n) is 13.4. The fourth-order valence-corrected chi connectivity index (χ4v) is 5.91. The maximum absolute atomic E-state index is 13.3. The Morgan fingerprint density at radius 3 is 2.33 bits per heavy atom. The van der Waals surface area contributed by atoms with Gasteiger partial charge in [0.05, 0.1) is 24.1 Å². The predicted molar refractivity (Wildman–Crippen MR) is 220 cm³/mol. The number of aliphatic imine (C=N–C) groups is 1. The number of nitrogens with zero attached hydrogens (tertiary/aromatic N) is 3. The van der Waals surface area contributed by atoms with E-state index in [2.05, 4.69) is 36.6 Å². The van der Waals surface area contributed by atoms with Crippen LogP contribution >= 0.6 is 0 Å². The van der Waals surface area contributed by atoms with Crippen LogP contribution < -0.4 is 43.8 Å². The molecule has 1 atom stereocenters. The fourth-order valence-electron chi connectivity index (χ4n) is 5.91. The number of carbonyl (C=O) groups excluding carboxylic acids is 6. The number of amidine groups is 1. The van der Waals surface area contributed by atoms with E-state index in [9.17, 15) is 28.8 Å². The van der Waals surface area contributed by atoms with Crippen molar-refractivity contribution in [3.63, 3.8) is 0 Å². The number of nitrogens with one attached hydrogen (secondary N) is 5. The molecule has 18 nitrogen and oxygen atoms in total. The highest BCUT2D eigenvalue weighted by Crippen LogP contribution is 2.29. The molecule has 7 amide bonds. The quantitative estimate of drug-likeness (QED) is 0.0821. The number of nitrogens with two attached hydrogens (primary N) is 3. The van der Waals surface area contributed by atoms with Crippen LogP contribution in [0.3, 0.4) is 0 Å². The molecule has 0 saturated heterocycles. The first-order valence-corrected chi connectivity index (χ1v) is 18.9. The molecule has 18 heteroatoms. The number of fused-ring (bicyclic) bond motifs is 1. The number of carbonyl (C=O) groups is 6. The Morgan fingerprint density at radius 2 is 1.64 bits per heavy atom. The molecule has 0 aliphatic carbocycles. The lowest BCUT2D eigenvalue weighted by Gasteiger charge is -2.22. The highest BCUT2D eigenvalue weighted by molar-refractivity contribution is 6.08. The fraction of sp³-hybridized carbons (Fsp3) is 0.350. The normalized spacial score (nSPS) is 12.3. The van der Waals surface area contributed by atoms with Gasteiger partial charge in [-0.25, -0.2) is 14.6 Å². The van der Waals surface area contributed by atoms with Gasteiger partial charge in [0.15, 0.2) is 0 Å². The lowest BCUT2D eigenvalue weighted by molar-refractivity contribution is -0.127. The van der Waals surface area contributed by atoms with Gasteiger partial charge < -0.3 is 53.4 Å². The number of hydrogen-bond donors (Lipinski definition) is 8. The molecule has 0 spiro atoms. The van der Waals surface area contributed by atoms with E-state index in [0.717, 1.165) is 12.8 Å². The summed E-state index contributed by atoms with van der Waals surface area (Å²) in [6, 6.07) is 11.7. The van der Waals surface area contributed by atoms with Crippen LogP contribution in [0.4, 0.5) is 26.7 Å². The standard InChI is InChI=1S/C40H51N11O7/c1-3-14-51(15-4-2)38(55)29-17-27-9-10-28(18-33(27)49-34(42)19-29)36(53)48-31-16-26(21-44-23-31)22-46-40(57)58-24-25-7-11-30(12-8-25)47-37(54)32(50-35(52)20-41)6-5-13-45-39(43)56/h7-12,16-18,21,23,32H,3-6,13-15,19-20,22,24,41H2,1-2H3,(H2,42,49)(H,46,57)(H,47,54)(H,48,53)(H,50,52)(H3,43,45,56)/t32-/m0/s1. The monoisotopic (exact) mass is 797 g/mol. The van der Waals surface area contributed by atoms with E-state index in [0.29, 0.717) is 64.4 Å². The van der Waals surface area contributed by atoms with Gasteiger partial charge in [0.2, 0.25) is 17.7 Å². The summed E-state index contributed by atoms with van der Waals surface area (Å²) >= 11 is 0. The topological polar surface area (TPSA) is 278 Å². The molecule has 1 aliphatic rings. The summed E-state index contributed by atoms with van der Waals surface area (Å²) < 4.78 is 5.33. The van der Waals surface area contributed by atoms with Gasteiger partial charge in [-0.15, -0.1) is 0 Å². The zero-order chi connectivity index (χ0) is 42.0. The van der Waals surface area contributed by atoms with Gasteiger partial charge >= 0.3 is 12.1 Å². The van der Waals surface area contributed by atoms with Gasteiger partial charge in [0.1, 0.15) is 18.5 Å². The van der Waals surface area contributed by atoms with Gasteiger partial charge in [-0.1, -0.05) is 32.0 Å². The van der Waals surface area contributed by atoms with Gasteiger partial charge in [0, 0.05) is 61.2 Å². The third-order valence-corrected chi connectivity index (χ3v) is 8.69. The van der Waals surface area contributed by atoms with Crippen molar-refractivity contribution < 1.29 is 33.5 Å². The molecule has 2 aromatic carbocycles. The molecular formula is C40H51N11O7. The molecule has 0 bridgehead atoms. The summed E-state index contributed by atoms with van der Waals surface area (Å²) in [5.41, 5.74) is 20.8. The van der Waals surface area contributed by atoms with Crippen LogP contribution in [0.2, 0.25) is 0 Å². The first kappa shape index (κ1) is 43.9. The third kappa shape index (κ3) is 13.7. The Balaban J connectivity index is 1.27. The molecule has 1 aliphatic heterocycles. The van der Waals surface area contributed by atoms with E-state index in [4.69, 9.17) is 21.9 Å². The number of primary amides is 1. The van der Waals surface area contributed by atoms with Crippen molar-refractivity contribution in [2.24, 2.45) is 22.2 Å². The largest absolute Gasteiger partial charge is 0.445 e. The first-order chi connectivity index (χ1) is 27.9. The smallest absolute Gasteiger partial charge is 0.407 e. The number of anilines is 2. The van der Waals surface area contributed by atoms with Crippen LogP contribution in [0.15, 0.2) is 71.5 Å². The van der Waals surface area contributed by atoms with Crippen LogP contribution in [0, 0.1) is 0 Å². The summed E-state index contributed by atoms with van der Waals surface area (Å²) in [5.74, 6) is -1.19. The number of ether oxygens (including phenoxy) is 1. The van der Waals surface area contributed by atoms with Crippen molar-refractivity contribution in [1.29, 1.82) is 0 Å². The third-order valence-electron chi connectivity index (χ3n) is 8.69. The Morgan fingerprint density at radius 1 is 0.897 bits per heavy atom. The second kappa shape index (κ2) is 22.1. The number of hydrogen-bond acceptors (Lipinski definition) is 11. The predicted octanol–water partition coefficient (Wildman–Crippen LogP) is 3.02. The molecule has 4 rings (SSSR count). The maximum atomic E-state index is 13.3. The van der Waals surface area contributed by atoms with E-state index in [1.54, 1.807) is 60.8 Å². The van der Waals surface area contributed by atoms with Gasteiger partial charge in [-0.05, 0) is 73.2 Å². The minimum absolute atomic E-state index is 0.0590. The summed E-state index contributed by atoms with van der Waals surface area (Å²) in [6.45, 7) is 5.30. The van der Waals surface area contributed by atoms with E-state index in [1.165, 1.54) is 6.20 Å². The van der Waals surface area contributed by atoms with Gasteiger partial charge in [0.25, 0.3) is 5.91 Å². The van der Waals surface area contributed by atoms with Crippen LogP contribution in [-0.2, 0) is 32.3 Å². The average molecular weight is 798 g/mol. The van der Waals surface area contributed by atoms with Crippen molar-refractivity contribution in [2.75, 3.05) is 36.8 Å². The Bertz CT molecular complexity index is 2010. The van der Waals surface area contributed by atoms with Gasteiger partial charge in [-0.2, -0.15) is 0 Å². The Hall–Kier alpha value is -6.82. The van der Waals surface area contributed by atoms with Crippen molar-refractivity contribution in [3.8, 4) is 0 Å². The molecule has 0 saturated carbocycles. The van der Waals surface area contributed by atoms with Crippen molar-refractivity contribution in [2.45, 2.75) is 65.1 Å². The van der Waals surface area contributed by atoms with Gasteiger partial charge in [-0.3, -0.25) is 24.2 Å². The number of pyridine rings is 1. The van der Waals surface area contributed by atoms with Crippen LogP contribution in [0.1, 0.15) is 73.0 Å². The summed E-state index contributed by atoms with van der Waals surface area (Å²) in [7, 11) is 0. The highest BCUT2D eigenvalue weighted by atomic mass is 16.5. The molecule has 11 N–H and O–H groups in total. The van der Waals surface area contributed by atoms with Crippen molar-refractivity contribution in [3.05, 3.63) is 88.8 Å². The molecule has 0 fully saturated rings. The van der Waals surface area contributed by atoms with Crippen LogP contribution in [0.5, 0.6) is 0 Å². The second-order valence-corrected chi connectivity index (χ2v) is 13.4. The number of benzene rings is 2. The SMILES string of the molecule is CCCN(CCC)C(=O)C1=Cc2ccc(C(=O)Nc3cncc(CNC(=O)OCc4ccc(NC(=O)[C@H](CCCNC(N)=O)NC(=O)CN)cc4)c3)cc2N=C(N)C1. The summed E-state index contributed by atoms with van der Waals surface area (Å²) in [6.07, 6.45) is 6.62. The van der Waals surface area contributed by atoms with Crippen LogP contribution in [0.25, 0.3) is 6.08 Å². The molecule has 0 radical (unpaired) electrons. The molecule has 2 heterocycles. The molecule has 58 heavy (non-hydrogen) atoms. The van der Waals surface area contributed by atoms with E-state index >= 15 is 0 Å². The number of amides is 7. The van der Waals surface area contributed by atoms with E-state index in [1.807, 2.05) is 18.7 Å². The number of rotatable bonds is 19. The number of urea groups is 1. The maximum Gasteiger partial charge on any atom is 0.407 e. The Labute approximate surface area is 336 Å². The lowest BCUT2D eigenvalue weighted by atomic mass is 10.0. The number of alkyl carbamates (subject to hydrolysis) is 1. The molecule has 1 aromatic heterocycles. The molecule has 0 unspecified atom stereocenters. The lowest BCUT2D eigenvalue weighted by Crippen LogP contribution is -2.46. The summed E-state index contributed by atoms with van der Waals surface area (Å²) in [4.78, 5) is 85.2. The van der Waals surface area contributed by atoms with Crippen molar-refractivity contribution in [1.82, 2.24) is 25.8 Å². The van der Waals surface area contributed by atoms with E-state index in [-0.39, 0.29) is 50.8 Å². The van der Waals surface area contributed by atoms with E-state index < -0.39 is 35.9 Å². The minimum atomic E-state index is -0.891. The summed E-state index contributed by atoms with van der Waals surface area (Å²) in [5, 5.41) is 13.2. The Kier molecular flexibility index (Phi) is 16.7. The van der Waals surface area contributed by atoms with Crippen molar-refractivity contribution >= 4 is 64.7 Å². The minimum Gasteiger partial charge on any atom is -0.445 e. The first-order valence-electron chi connectivity index (χ1n) is 18.9.